The van der Waals surface area contributed by atoms with Gasteiger partial charge in [-0.05, 0) is 12.8 Å². The molecule has 4 heteroatoms. The molecule has 2 N–H and O–H groups in total. The lowest BCUT2D eigenvalue weighted by Gasteiger charge is -2.26. The summed E-state index contributed by atoms with van der Waals surface area (Å²) in [6, 6.07) is 2.54. The molecule has 3 atom stereocenters. The van der Waals surface area contributed by atoms with Gasteiger partial charge in [-0.3, -0.25) is 0 Å². The molecule has 0 amide bonds. The fourth-order valence-electron chi connectivity index (χ4n) is 2.32. The highest BCUT2D eigenvalue weighted by atomic mass is 16.5. The molecule has 4 nitrogen and oxygen atoms in total. The van der Waals surface area contributed by atoms with Crippen LogP contribution in [0.1, 0.15) is 32.1 Å². The van der Waals surface area contributed by atoms with Crippen molar-refractivity contribution in [1.29, 1.82) is 5.26 Å². The van der Waals surface area contributed by atoms with E-state index >= 15 is 0 Å². The van der Waals surface area contributed by atoms with E-state index < -0.39 is 0 Å². The van der Waals surface area contributed by atoms with E-state index in [0.717, 1.165) is 19.3 Å². The summed E-state index contributed by atoms with van der Waals surface area (Å²) in [6.45, 7) is 0.549. The van der Waals surface area contributed by atoms with Crippen LogP contribution >= 0.6 is 0 Å². The predicted octanol–water partition coefficient (Wildman–Crippen LogP) is 1.06. The van der Waals surface area contributed by atoms with Crippen molar-refractivity contribution in [2.75, 3.05) is 20.3 Å². The van der Waals surface area contributed by atoms with Crippen LogP contribution in [0.5, 0.6) is 0 Å². The van der Waals surface area contributed by atoms with Gasteiger partial charge < -0.3 is 15.2 Å². The van der Waals surface area contributed by atoms with Gasteiger partial charge in [-0.2, -0.15) is 5.26 Å². The van der Waals surface area contributed by atoms with Crippen LogP contribution in [-0.4, -0.2) is 37.5 Å². The van der Waals surface area contributed by atoms with Crippen molar-refractivity contribution >= 4 is 0 Å². The normalized spacial score (nSPS) is 28.1. The molecule has 1 aliphatic rings. The van der Waals surface area contributed by atoms with Crippen LogP contribution < -0.4 is 5.32 Å². The maximum atomic E-state index is 9.19. The number of methoxy groups -OCH3 is 1. The van der Waals surface area contributed by atoms with Crippen molar-refractivity contribution in [3.8, 4) is 6.07 Å². The Labute approximate surface area is 97.6 Å². The number of nitrogens with zero attached hydrogens (tertiary/aromatic N) is 1. The van der Waals surface area contributed by atoms with Gasteiger partial charge in [0.25, 0.3) is 0 Å². The van der Waals surface area contributed by atoms with Crippen LogP contribution in [0.3, 0.4) is 0 Å². The molecule has 1 saturated carbocycles. The first-order chi connectivity index (χ1) is 7.81. The SMILES string of the molecule is COCC(CO)NC1CCCCCC1C#N. The van der Waals surface area contributed by atoms with Crippen molar-refractivity contribution in [3.63, 3.8) is 0 Å². The number of hydrogen-bond donors (Lipinski definition) is 2. The topological polar surface area (TPSA) is 65.3 Å². The van der Waals surface area contributed by atoms with Gasteiger partial charge in [0, 0.05) is 13.2 Å². The average molecular weight is 226 g/mol. The van der Waals surface area contributed by atoms with Crippen molar-refractivity contribution in [2.24, 2.45) is 5.92 Å². The van der Waals surface area contributed by atoms with E-state index in [1.807, 2.05) is 0 Å². The maximum absolute atomic E-state index is 9.19. The number of ether oxygens (including phenoxy) is 1. The first-order valence-corrected chi connectivity index (χ1v) is 6.07. The summed E-state index contributed by atoms with van der Waals surface area (Å²) < 4.78 is 5.03. The van der Waals surface area contributed by atoms with Gasteiger partial charge in [-0.25, -0.2) is 0 Å². The third-order valence-electron chi connectivity index (χ3n) is 3.22. The van der Waals surface area contributed by atoms with E-state index in [9.17, 15) is 5.11 Å². The Kier molecular flexibility index (Phi) is 6.39. The monoisotopic (exact) mass is 226 g/mol. The Hall–Kier alpha value is -0.630. The molecule has 16 heavy (non-hydrogen) atoms. The van der Waals surface area contributed by atoms with Crippen molar-refractivity contribution in [1.82, 2.24) is 5.32 Å². The van der Waals surface area contributed by atoms with Crippen LogP contribution in [0.25, 0.3) is 0 Å². The summed E-state index contributed by atoms with van der Waals surface area (Å²) in [5, 5.41) is 21.7. The molecule has 0 spiro atoms. The largest absolute Gasteiger partial charge is 0.395 e. The molecule has 1 fully saturated rings. The molecule has 1 rings (SSSR count). The zero-order valence-corrected chi connectivity index (χ0v) is 9.98. The van der Waals surface area contributed by atoms with E-state index in [2.05, 4.69) is 11.4 Å². The zero-order chi connectivity index (χ0) is 11.8. The molecule has 0 heterocycles. The fourth-order valence-corrected chi connectivity index (χ4v) is 2.32. The molecule has 3 unspecified atom stereocenters. The molecule has 0 aromatic rings. The first-order valence-electron chi connectivity index (χ1n) is 6.07. The Morgan fingerprint density at radius 3 is 2.81 bits per heavy atom. The summed E-state index contributed by atoms with van der Waals surface area (Å²) >= 11 is 0. The number of hydrogen-bond acceptors (Lipinski definition) is 4. The fraction of sp³-hybridized carbons (Fsp3) is 0.917. The van der Waals surface area contributed by atoms with Crippen molar-refractivity contribution in [3.05, 3.63) is 0 Å². The van der Waals surface area contributed by atoms with Crippen LogP contribution in [0.15, 0.2) is 0 Å². The highest BCUT2D eigenvalue weighted by Gasteiger charge is 2.25. The number of rotatable bonds is 5. The minimum absolute atomic E-state index is 0.0519. The molecule has 0 aliphatic heterocycles. The molecular formula is C12H22N2O2. The third-order valence-corrected chi connectivity index (χ3v) is 3.22. The highest BCUT2D eigenvalue weighted by molar-refractivity contribution is 4.94. The minimum atomic E-state index is -0.0519. The second-order valence-electron chi connectivity index (χ2n) is 4.48. The van der Waals surface area contributed by atoms with E-state index in [4.69, 9.17) is 10.00 Å². The molecule has 0 bridgehead atoms. The number of aliphatic hydroxyl groups is 1. The van der Waals surface area contributed by atoms with Crippen LogP contribution in [-0.2, 0) is 4.74 Å². The van der Waals surface area contributed by atoms with E-state index in [-0.39, 0.29) is 24.6 Å². The first kappa shape index (κ1) is 13.4. The molecule has 1 aliphatic carbocycles. The van der Waals surface area contributed by atoms with Crippen LogP contribution in [0.2, 0.25) is 0 Å². The summed E-state index contributed by atoms with van der Waals surface area (Å²) in [7, 11) is 1.62. The molecule has 0 aromatic heterocycles. The van der Waals surface area contributed by atoms with Gasteiger partial charge in [0.2, 0.25) is 0 Å². The molecule has 0 saturated heterocycles. The van der Waals surface area contributed by atoms with Gasteiger partial charge >= 0.3 is 0 Å². The van der Waals surface area contributed by atoms with Gasteiger partial charge in [0.1, 0.15) is 0 Å². The second kappa shape index (κ2) is 7.61. The lowest BCUT2D eigenvalue weighted by molar-refractivity contribution is 0.117. The quantitative estimate of drug-likeness (QED) is 0.688. The van der Waals surface area contributed by atoms with Crippen LogP contribution in [0.4, 0.5) is 0 Å². The lowest BCUT2D eigenvalue weighted by atomic mass is 9.95. The summed E-state index contributed by atoms with van der Waals surface area (Å²) in [5.41, 5.74) is 0. The van der Waals surface area contributed by atoms with E-state index in [1.165, 1.54) is 12.8 Å². The third kappa shape index (κ3) is 4.09. The zero-order valence-electron chi connectivity index (χ0n) is 9.98. The summed E-state index contributed by atoms with van der Waals surface area (Å²) in [6.07, 6.45) is 5.52. The highest BCUT2D eigenvalue weighted by Crippen LogP contribution is 2.23. The standard InChI is InChI=1S/C12H22N2O2/c1-16-9-11(8-15)14-12-6-4-2-3-5-10(12)7-13/h10-12,14-15H,2-6,8-9H2,1H3. The number of aliphatic hydroxyl groups excluding tert-OH is 1. The Morgan fingerprint density at radius 2 is 2.19 bits per heavy atom. The Bertz CT molecular complexity index is 228. The molecular weight excluding hydrogens is 204 g/mol. The molecule has 92 valence electrons. The molecule has 0 radical (unpaired) electrons. The van der Waals surface area contributed by atoms with E-state index in [1.54, 1.807) is 7.11 Å². The van der Waals surface area contributed by atoms with E-state index in [0.29, 0.717) is 6.61 Å². The number of nitriles is 1. The Morgan fingerprint density at radius 1 is 1.44 bits per heavy atom. The average Bonchev–Trinajstić information content (AvgIpc) is 2.53. The smallest absolute Gasteiger partial charge is 0.0672 e. The van der Waals surface area contributed by atoms with Crippen molar-refractivity contribution in [2.45, 2.75) is 44.2 Å². The second-order valence-corrected chi connectivity index (χ2v) is 4.48. The van der Waals surface area contributed by atoms with Gasteiger partial charge in [-0.15, -0.1) is 0 Å². The Balaban J connectivity index is 2.50. The van der Waals surface area contributed by atoms with Crippen molar-refractivity contribution < 1.29 is 9.84 Å². The number of nitrogens with one attached hydrogen (secondary N) is 1. The summed E-state index contributed by atoms with van der Waals surface area (Å²) in [5.74, 6) is 0.0772. The minimum Gasteiger partial charge on any atom is -0.395 e. The summed E-state index contributed by atoms with van der Waals surface area (Å²) in [4.78, 5) is 0. The molecule has 0 aromatic carbocycles. The predicted molar refractivity (Wildman–Crippen MR) is 61.9 cm³/mol. The van der Waals surface area contributed by atoms with Gasteiger partial charge in [0.15, 0.2) is 0 Å². The maximum Gasteiger partial charge on any atom is 0.0672 e. The van der Waals surface area contributed by atoms with Gasteiger partial charge in [0.05, 0.1) is 31.2 Å². The van der Waals surface area contributed by atoms with Gasteiger partial charge in [-0.1, -0.05) is 19.3 Å². The van der Waals surface area contributed by atoms with Crippen LogP contribution in [0, 0.1) is 17.2 Å². The lowest BCUT2D eigenvalue weighted by Crippen LogP contribution is -2.46.